The van der Waals surface area contributed by atoms with Gasteiger partial charge in [0.2, 0.25) is 10.0 Å². The molecule has 30 heavy (non-hydrogen) atoms. The summed E-state index contributed by atoms with van der Waals surface area (Å²) < 4.78 is 66.9. The minimum Gasteiger partial charge on any atom is -0.330 e. The number of hydrogen-bond acceptors (Lipinski definition) is 3. The number of hydrogen-bond donors (Lipinski definition) is 0. The van der Waals surface area contributed by atoms with Gasteiger partial charge in [0.15, 0.2) is 0 Å². The summed E-state index contributed by atoms with van der Waals surface area (Å²) in [4.78, 5) is 12.5. The van der Waals surface area contributed by atoms with Crippen molar-refractivity contribution in [3.8, 4) is 0 Å². The van der Waals surface area contributed by atoms with E-state index in [1.807, 2.05) is 0 Å². The van der Waals surface area contributed by atoms with Gasteiger partial charge in [-0.15, -0.1) is 0 Å². The van der Waals surface area contributed by atoms with E-state index < -0.39 is 22.1 Å². The van der Waals surface area contributed by atoms with Crippen molar-refractivity contribution in [1.82, 2.24) is 9.21 Å². The molecule has 4 rings (SSSR count). The van der Waals surface area contributed by atoms with E-state index in [1.54, 1.807) is 16.4 Å². The summed E-state index contributed by atoms with van der Waals surface area (Å²) in [6, 6.07) is 4.61. The maximum absolute atomic E-state index is 13.5. The van der Waals surface area contributed by atoms with Crippen LogP contribution in [-0.4, -0.2) is 48.8 Å². The summed E-state index contributed by atoms with van der Waals surface area (Å²) in [5, 5.41) is 0. The van der Waals surface area contributed by atoms with Gasteiger partial charge < -0.3 is 4.90 Å². The van der Waals surface area contributed by atoms with Crippen molar-refractivity contribution in [1.29, 1.82) is 0 Å². The zero-order chi connectivity index (χ0) is 22.1. The predicted molar refractivity (Wildman–Crippen MR) is 105 cm³/mol. The molecule has 9 heteroatoms. The van der Waals surface area contributed by atoms with Crippen molar-refractivity contribution < 1.29 is 26.4 Å². The van der Waals surface area contributed by atoms with E-state index in [9.17, 15) is 26.4 Å². The van der Waals surface area contributed by atoms with E-state index >= 15 is 0 Å². The molecule has 1 saturated heterocycles. The largest absolute Gasteiger partial charge is 0.471 e. The fraction of sp³-hybridized carbons (Fsp3) is 0.667. The molecular formula is C21H27F3N2O3S. The second kappa shape index (κ2) is 6.69. The van der Waals surface area contributed by atoms with E-state index in [1.165, 1.54) is 6.07 Å². The van der Waals surface area contributed by atoms with Crippen molar-refractivity contribution in [2.75, 3.05) is 13.1 Å². The Labute approximate surface area is 175 Å². The van der Waals surface area contributed by atoms with Gasteiger partial charge in [0, 0.05) is 25.7 Å². The summed E-state index contributed by atoms with van der Waals surface area (Å²) in [5.74, 6) is -1.88. The molecule has 1 amide bonds. The fourth-order valence-corrected chi connectivity index (χ4v) is 7.70. The molecule has 1 aromatic carbocycles. The fourth-order valence-electron chi connectivity index (χ4n) is 5.87. The molecule has 1 saturated carbocycles. The molecule has 0 aromatic heterocycles. The molecule has 2 bridgehead atoms. The molecule has 1 aromatic rings. The van der Waals surface area contributed by atoms with Crippen LogP contribution in [0.2, 0.25) is 0 Å². The zero-order valence-electron chi connectivity index (χ0n) is 17.4. The highest BCUT2D eigenvalue weighted by Crippen LogP contribution is 2.53. The van der Waals surface area contributed by atoms with Crippen LogP contribution in [0.25, 0.3) is 0 Å². The van der Waals surface area contributed by atoms with Crippen LogP contribution in [0.15, 0.2) is 23.1 Å². The molecule has 3 aliphatic rings. The molecule has 1 aliphatic carbocycles. The topological polar surface area (TPSA) is 57.7 Å². The van der Waals surface area contributed by atoms with Crippen LogP contribution < -0.4 is 0 Å². The van der Waals surface area contributed by atoms with E-state index in [0.717, 1.165) is 29.7 Å². The van der Waals surface area contributed by atoms with Gasteiger partial charge in [-0.2, -0.15) is 17.5 Å². The summed E-state index contributed by atoms with van der Waals surface area (Å²) in [6.07, 6.45) is -2.08. The number of carbonyl (C=O) groups is 1. The lowest BCUT2D eigenvalue weighted by atomic mass is 9.65. The van der Waals surface area contributed by atoms with Gasteiger partial charge in [-0.1, -0.05) is 26.8 Å². The van der Waals surface area contributed by atoms with Gasteiger partial charge in [-0.3, -0.25) is 4.79 Å². The normalized spacial score (nSPS) is 29.0. The molecule has 2 unspecified atom stereocenters. The summed E-state index contributed by atoms with van der Waals surface area (Å²) in [5.41, 5.74) is 1.25. The van der Waals surface area contributed by atoms with Gasteiger partial charge in [-0.25, -0.2) is 8.42 Å². The maximum Gasteiger partial charge on any atom is 0.471 e. The lowest BCUT2D eigenvalue weighted by Crippen LogP contribution is -2.43. The lowest BCUT2D eigenvalue weighted by molar-refractivity contribution is -0.186. The highest BCUT2D eigenvalue weighted by atomic mass is 32.2. The number of nitrogens with zero attached hydrogens (tertiary/aromatic N) is 2. The summed E-state index contributed by atoms with van der Waals surface area (Å²) >= 11 is 0. The minimum absolute atomic E-state index is 0.0287. The Hall–Kier alpha value is -1.61. The van der Waals surface area contributed by atoms with Crippen LogP contribution >= 0.6 is 0 Å². The first kappa shape index (κ1) is 21.6. The third-order valence-corrected chi connectivity index (χ3v) is 8.59. The molecule has 2 heterocycles. The van der Waals surface area contributed by atoms with Gasteiger partial charge in [0.1, 0.15) is 0 Å². The number of alkyl halides is 3. The third-order valence-electron chi connectivity index (χ3n) is 6.69. The van der Waals surface area contributed by atoms with Crippen LogP contribution in [0.3, 0.4) is 0 Å². The third kappa shape index (κ3) is 3.75. The van der Waals surface area contributed by atoms with Gasteiger partial charge in [0.25, 0.3) is 0 Å². The highest BCUT2D eigenvalue weighted by molar-refractivity contribution is 7.89. The molecular weight excluding hydrogens is 417 g/mol. The SMILES string of the molecule is CC1(C)CC2CC(C)(CN2S(=O)(=O)c2ccc3c(c2)CN(C(=O)C(F)(F)F)CC3)C1. The average Bonchev–Trinajstić information content (AvgIpc) is 2.88. The number of amides is 1. The molecule has 2 aliphatic heterocycles. The Bertz CT molecular complexity index is 990. The van der Waals surface area contributed by atoms with Gasteiger partial charge in [-0.05, 0) is 59.8 Å². The number of sulfonamides is 1. The molecule has 166 valence electrons. The minimum atomic E-state index is -4.93. The van der Waals surface area contributed by atoms with Crippen molar-refractivity contribution >= 4 is 15.9 Å². The second-order valence-electron chi connectivity index (χ2n) is 10.2. The van der Waals surface area contributed by atoms with Crippen LogP contribution in [0.5, 0.6) is 0 Å². The Morgan fingerprint density at radius 3 is 2.50 bits per heavy atom. The summed E-state index contributed by atoms with van der Waals surface area (Å²) in [6.45, 7) is 6.66. The van der Waals surface area contributed by atoms with Gasteiger partial charge in [0.05, 0.1) is 4.90 Å². The summed E-state index contributed by atoms with van der Waals surface area (Å²) in [7, 11) is -3.77. The second-order valence-corrected chi connectivity index (χ2v) is 12.1. The monoisotopic (exact) mass is 444 g/mol. The smallest absolute Gasteiger partial charge is 0.330 e. The Kier molecular flexibility index (Phi) is 4.82. The van der Waals surface area contributed by atoms with Gasteiger partial charge >= 0.3 is 12.1 Å². The van der Waals surface area contributed by atoms with Crippen molar-refractivity contribution in [3.05, 3.63) is 29.3 Å². The Balaban J connectivity index is 1.62. The van der Waals surface area contributed by atoms with Crippen LogP contribution in [0.1, 0.15) is 51.2 Å². The van der Waals surface area contributed by atoms with Crippen molar-refractivity contribution in [2.45, 2.75) is 70.1 Å². The number of benzene rings is 1. The Morgan fingerprint density at radius 2 is 1.83 bits per heavy atom. The number of carbonyl (C=O) groups excluding carboxylic acids is 1. The standard InChI is InChI=1S/C21H27F3N2O3S/c1-19(2)9-16-10-20(3,12-19)13-26(16)30(28,29)17-5-4-14-6-7-25(11-15(14)8-17)18(27)21(22,23)24/h4-5,8,16H,6-7,9-13H2,1-3H3. The van der Waals surface area contributed by atoms with Crippen LogP contribution in [-0.2, 0) is 27.8 Å². The molecule has 0 spiro atoms. The van der Waals surface area contributed by atoms with E-state index in [0.29, 0.717) is 12.1 Å². The first-order valence-electron chi connectivity index (χ1n) is 10.2. The van der Waals surface area contributed by atoms with Crippen LogP contribution in [0.4, 0.5) is 13.2 Å². The molecule has 0 N–H and O–H groups in total. The first-order valence-corrected chi connectivity index (χ1v) is 11.6. The Morgan fingerprint density at radius 1 is 1.13 bits per heavy atom. The van der Waals surface area contributed by atoms with Crippen molar-refractivity contribution in [3.63, 3.8) is 0 Å². The molecule has 2 atom stereocenters. The predicted octanol–water partition coefficient (Wildman–Crippen LogP) is 3.72. The number of halogens is 3. The van der Waals surface area contributed by atoms with Crippen molar-refractivity contribution in [2.24, 2.45) is 10.8 Å². The van der Waals surface area contributed by atoms with E-state index in [2.05, 4.69) is 20.8 Å². The first-order chi connectivity index (χ1) is 13.7. The zero-order valence-corrected chi connectivity index (χ0v) is 18.2. The average molecular weight is 445 g/mol. The quantitative estimate of drug-likeness (QED) is 0.699. The van der Waals surface area contributed by atoms with E-state index in [4.69, 9.17) is 0 Å². The van der Waals surface area contributed by atoms with Crippen LogP contribution in [0, 0.1) is 10.8 Å². The molecule has 2 fully saturated rings. The molecule has 0 radical (unpaired) electrons. The lowest BCUT2D eigenvalue weighted by Gasteiger charge is -2.39. The molecule has 5 nitrogen and oxygen atoms in total. The maximum atomic E-state index is 13.5. The number of rotatable bonds is 2. The number of fused-ring (bicyclic) bond motifs is 3. The highest BCUT2D eigenvalue weighted by Gasteiger charge is 2.53. The van der Waals surface area contributed by atoms with E-state index in [-0.39, 0.29) is 41.3 Å².